The van der Waals surface area contributed by atoms with E-state index in [1.165, 1.54) is 6.07 Å². The number of carbonyl (C=O) groups excluding carboxylic acids is 1. The number of nitrogens with one attached hydrogen (secondary N) is 2. The summed E-state index contributed by atoms with van der Waals surface area (Å²) in [7, 11) is -4.59. The molecule has 0 bridgehead atoms. The van der Waals surface area contributed by atoms with E-state index in [2.05, 4.69) is 5.32 Å². The number of carbonyl (C=O) groups is 3. The van der Waals surface area contributed by atoms with Crippen molar-refractivity contribution in [2.45, 2.75) is 37.5 Å². The summed E-state index contributed by atoms with van der Waals surface area (Å²) in [4.78, 5) is 33.7. The summed E-state index contributed by atoms with van der Waals surface area (Å²) in [5.74, 6) is -3.57. The van der Waals surface area contributed by atoms with Gasteiger partial charge in [-0.15, -0.1) is 0 Å². The van der Waals surface area contributed by atoms with Crippen LogP contribution in [0.15, 0.2) is 47.4 Å². The van der Waals surface area contributed by atoms with Crippen molar-refractivity contribution in [3.05, 3.63) is 48.0 Å². The molecule has 2 aromatic rings. The molecule has 0 spiro atoms. The maximum atomic E-state index is 13.0. The van der Waals surface area contributed by atoms with Gasteiger partial charge in [0.05, 0.1) is 17.7 Å². The average Bonchev–Trinajstić information content (AvgIpc) is 2.73. The number of para-hydroxylation sites is 1. The first kappa shape index (κ1) is 24.7. The Bertz CT molecular complexity index is 1080. The van der Waals surface area contributed by atoms with Gasteiger partial charge in [-0.3, -0.25) is 9.59 Å². The molecule has 0 unspecified atom stereocenters. The fourth-order valence-corrected chi connectivity index (χ4v) is 3.83. The van der Waals surface area contributed by atoms with E-state index < -0.39 is 45.6 Å². The summed E-state index contributed by atoms with van der Waals surface area (Å²) >= 11 is 0. The Balaban J connectivity index is 2.56. The van der Waals surface area contributed by atoms with Gasteiger partial charge in [0.25, 0.3) is 10.0 Å². The molecule has 0 saturated heterocycles. The van der Waals surface area contributed by atoms with Crippen molar-refractivity contribution in [2.24, 2.45) is 0 Å². The standard InChI is InChI=1S/C21H24N2O8S/c1-2-3-11-22-16-12-14(21(27)28)13-17(20(16)31-15-7-5-4-6-8-15)32(29,30)23-18(24)9-10-19(25)26/h4-8,12-13,22H,2-3,9-11H2,1H3,(H,23,24)(H,25,26)(H,27,28). The number of rotatable bonds is 12. The molecule has 32 heavy (non-hydrogen) atoms. The van der Waals surface area contributed by atoms with Crippen LogP contribution in [0.2, 0.25) is 0 Å². The quantitative estimate of drug-likeness (QED) is 0.346. The maximum absolute atomic E-state index is 13.0. The van der Waals surface area contributed by atoms with Crippen molar-refractivity contribution in [3.8, 4) is 11.5 Å². The first-order valence-corrected chi connectivity index (χ1v) is 11.3. The highest BCUT2D eigenvalue weighted by molar-refractivity contribution is 7.90. The summed E-state index contributed by atoms with van der Waals surface area (Å²) in [5.41, 5.74) is -0.205. The SMILES string of the molecule is CCCCNc1cc(C(=O)O)cc(S(=O)(=O)NC(=O)CCC(=O)O)c1Oc1ccccc1. The predicted molar refractivity (Wildman–Crippen MR) is 116 cm³/mol. The summed E-state index contributed by atoms with van der Waals surface area (Å²) in [6.07, 6.45) is 0.443. The highest BCUT2D eigenvalue weighted by Gasteiger charge is 2.27. The Kier molecular flexibility index (Phi) is 8.59. The fraction of sp³-hybridized carbons (Fsp3) is 0.286. The number of carboxylic acid groups (broad SMARTS) is 2. The number of benzene rings is 2. The molecule has 0 saturated carbocycles. The minimum Gasteiger partial charge on any atom is -0.481 e. The van der Waals surface area contributed by atoms with Gasteiger partial charge in [0.1, 0.15) is 10.6 Å². The summed E-state index contributed by atoms with van der Waals surface area (Å²) in [5, 5.41) is 21.2. The smallest absolute Gasteiger partial charge is 0.335 e. The minimum absolute atomic E-state index is 0.126. The van der Waals surface area contributed by atoms with Gasteiger partial charge in [-0.2, -0.15) is 0 Å². The van der Waals surface area contributed by atoms with Gasteiger partial charge in [-0.1, -0.05) is 31.5 Å². The molecule has 0 heterocycles. The van der Waals surface area contributed by atoms with Crippen molar-refractivity contribution < 1.29 is 37.8 Å². The Hall–Kier alpha value is -3.60. The van der Waals surface area contributed by atoms with Crippen LogP contribution in [-0.2, 0) is 19.6 Å². The Morgan fingerprint density at radius 1 is 1.03 bits per heavy atom. The van der Waals surface area contributed by atoms with Crippen molar-refractivity contribution in [3.63, 3.8) is 0 Å². The van der Waals surface area contributed by atoms with E-state index in [4.69, 9.17) is 9.84 Å². The second-order valence-corrected chi connectivity index (χ2v) is 8.42. The molecule has 0 aliphatic heterocycles. The van der Waals surface area contributed by atoms with Gasteiger partial charge >= 0.3 is 11.9 Å². The molecule has 11 heteroatoms. The zero-order valence-electron chi connectivity index (χ0n) is 17.3. The number of unbranched alkanes of at least 4 members (excludes halogenated alkanes) is 1. The van der Waals surface area contributed by atoms with Gasteiger partial charge in [0, 0.05) is 13.0 Å². The van der Waals surface area contributed by atoms with E-state index in [1.807, 2.05) is 6.92 Å². The van der Waals surface area contributed by atoms with Crippen LogP contribution in [0.3, 0.4) is 0 Å². The minimum atomic E-state index is -4.59. The van der Waals surface area contributed by atoms with Gasteiger partial charge in [-0.05, 0) is 30.7 Å². The predicted octanol–water partition coefficient (Wildman–Crippen LogP) is 3.06. The molecular formula is C21H24N2O8S. The Labute approximate surface area is 185 Å². The Morgan fingerprint density at radius 2 is 1.72 bits per heavy atom. The number of hydrogen-bond acceptors (Lipinski definition) is 7. The number of aliphatic carboxylic acids is 1. The zero-order valence-corrected chi connectivity index (χ0v) is 18.1. The number of aromatic carboxylic acids is 1. The molecular weight excluding hydrogens is 440 g/mol. The fourth-order valence-electron chi connectivity index (χ4n) is 2.64. The van der Waals surface area contributed by atoms with Crippen molar-refractivity contribution in [1.29, 1.82) is 0 Å². The number of anilines is 1. The van der Waals surface area contributed by atoms with Crippen LogP contribution in [0, 0.1) is 0 Å². The van der Waals surface area contributed by atoms with E-state index >= 15 is 0 Å². The molecule has 0 aliphatic carbocycles. The lowest BCUT2D eigenvalue weighted by Gasteiger charge is -2.18. The zero-order chi connectivity index (χ0) is 23.7. The van der Waals surface area contributed by atoms with E-state index in [0.29, 0.717) is 12.3 Å². The molecule has 4 N–H and O–H groups in total. The van der Waals surface area contributed by atoms with Gasteiger partial charge in [0.2, 0.25) is 5.91 Å². The van der Waals surface area contributed by atoms with Gasteiger partial charge in [0.15, 0.2) is 5.75 Å². The molecule has 0 atom stereocenters. The lowest BCUT2D eigenvalue weighted by molar-refractivity contribution is -0.138. The van der Waals surface area contributed by atoms with Crippen molar-refractivity contribution >= 4 is 33.6 Å². The largest absolute Gasteiger partial charge is 0.481 e. The van der Waals surface area contributed by atoms with Crippen LogP contribution in [-0.4, -0.2) is 43.0 Å². The topological polar surface area (TPSA) is 159 Å². The number of hydrogen-bond donors (Lipinski definition) is 4. The first-order valence-electron chi connectivity index (χ1n) is 9.79. The van der Waals surface area contributed by atoms with E-state index in [0.717, 1.165) is 18.9 Å². The molecule has 1 amide bonds. The average molecular weight is 464 g/mol. The second kappa shape index (κ2) is 11.1. The molecule has 172 valence electrons. The third-order valence-corrected chi connectivity index (χ3v) is 5.59. The van der Waals surface area contributed by atoms with E-state index in [1.54, 1.807) is 35.1 Å². The van der Waals surface area contributed by atoms with Crippen LogP contribution in [0.25, 0.3) is 0 Å². The highest BCUT2D eigenvalue weighted by atomic mass is 32.2. The van der Waals surface area contributed by atoms with Crippen LogP contribution in [0.4, 0.5) is 5.69 Å². The monoisotopic (exact) mass is 464 g/mol. The third kappa shape index (κ3) is 6.98. The highest BCUT2D eigenvalue weighted by Crippen LogP contribution is 2.37. The third-order valence-electron chi connectivity index (χ3n) is 4.21. The lowest BCUT2D eigenvalue weighted by Crippen LogP contribution is -2.31. The maximum Gasteiger partial charge on any atom is 0.335 e. The normalized spacial score (nSPS) is 10.9. The van der Waals surface area contributed by atoms with Crippen LogP contribution >= 0.6 is 0 Å². The molecule has 0 aliphatic rings. The molecule has 0 aromatic heterocycles. The summed E-state index contributed by atoms with van der Waals surface area (Å²) in [6, 6.07) is 10.4. The number of carboxylic acids is 2. The Morgan fingerprint density at radius 3 is 2.31 bits per heavy atom. The summed E-state index contributed by atoms with van der Waals surface area (Å²) < 4.78 is 33.5. The second-order valence-electron chi connectivity index (χ2n) is 6.77. The van der Waals surface area contributed by atoms with Gasteiger partial charge < -0.3 is 20.3 Å². The number of amides is 1. The molecule has 0 fully saturated rings. The van der Waals surface area contributed by atoms with Crippen LogP contribution < -0.4 is 14.8 Å². The van der Waals surface area contributed by atoms with Crippen molar-refractivity contribution in [2.75, 3.05) is 11.9 Å². The number of ether oxygens (including phenoxy) is 1. The van der Waals surface area contributed by atoms with Crippen LogP contribution in [0.5, 0.6) is 11.5 Å². The first-order chi connectivity index (χ1) is 15.1. The lowest BCUT2D eigenvalue weighted by atomic mass is 10.1. The van der Waals surface area contributed by atoms with Gasteiger partial charge in [-0.25, -0.2) is 17.9 Å². The summed E-state index contributed by atoms with van der Waals surface area (Å²) in [6.45, 7) is 2.38. The molecule has 0 radical (unpaired) electrons. The van der Waals surface area contributed by atoms with Crippen LogP contribution in [0.1, 0.15) is 43.0 Å². The molecule has 2 aromatic carbocycles. The molecule has 10 nitrogen and oxygen atoms in total. The van der Waals surface area contributed by atoms with E-state index in [9.17, 15) is 27.9 Å². The van der Waals surface area contributed by atoms with E-state index in [-0.39, 0.29) is 17.0 Å². The number of sulfonamides is 1. The van der Waals surface area contributed by atoms with Crippen molar-refractivity contribution in [1.82, 2.24) is 4.72 Å². The molecule has 2 rings (SSSR count).